The van der Waals surface area contributed by atoms with E-state index in [4.69, 9.17) is 10.00 Å². The van der Waals surface area contributed by atoms with E-state index in [0.29, 0.717) is 25.2 Å². The van der Waals surface area contributed by atoms with Crippen LogP contribution in [0, 0.1) is 17.2 Å². The molecular weight excluding hydrogens is 392 g/mol. The van der Waals surface area contributed by atoms with Crippen LogP contribution in [0.4, 0.5) is 5.69 Å². The van der Waals surface area contributed by atoms with Crippen LogP contribution in [0.25, 0.3) is 0 Å². The molecular formula is C24H28N4O3. The van der Waals surface area contributed by atoms with E-state index in [1.54, 1.807) is 24.1 Å². The lowest BCUT2D eigenvalue weighted by molar-refractivity contribution is -0.136. The number of nitriles is 1. The largest absolute Gasteiger partial charge is 0.497 e. The number of anilines is 1. The average molecular weight is 421 g/mol. The molecule has 0 radical (unpaired) electrons. The molecule has 2 aromatic rings. The molecule has 0 aromatic heterocycles. The first kappa shape index (κ1) is 22.3. The summed E-state index contributed by atoms with van der Waals surface area (Å²) in [5, 5.41) is 9.00. The van der Waals surface area contributed by atoms with Crippen LogP contribution < -0.4 is 9.64 Å². The Hall–Kier alpha value is -3.37. The summed E-state index contributed by atoms with van der Waals surface area (Å²) >= 11 is 0. The van der Waals surface area contributed by atoms with Crippen molar-refractivity contribution in [3.63, 3.8) is 0 Å². The fourth-order valence-electron chi connectivity index (χ4n) is 3.64. The molecule has 0 N–H and O–H groups in total. The Kier molecular flexibility index (Phi) is 7.27. The number of methoxy groups -OCH3 is 1. The smallest absolute Gasteiger partial charge is 0.228 e. The van der Waals surface area contributed by atoms with E-state index in [2.05, 4.69) is 6.07 Å². The number of ether oxygens (including phenoxy) is 1. The van der Waals surface area contributed by atoms with Gasteiger partial charge in [-0.3, -0.25) is 9.59 Å². The van der Waals surface area contributed by atoms with Gasteiger partial charge in [0, 0.05) is 38.3 Å². The number of likely N-dealkylation sites (N-methyl/N-ethyl adjacent to an activating group) is 1. The number of nitrogens with zero attached hydrogens (tertiary/aromatic N) is 4. The molecule has 2 amide bonds. The summed E-state index contributed by atoms with van der Waals surface area (Å²) in [5.41, 5.74) is 2.32. The van der Waals surface area contributed by atoms with Gasteiger partial charge in [-0.15, -0.1) is 0 Å². The quantitative estimate of drug-likeness (QED) is 0.656. The van der Waals surface area contributed by atoms with Crippen LogP contribution in [0.5, 0.6) is 5.75 Å². The van der Waals surface area contributed by atoms with Gasteiger partial charge in [0.2, 0.25) is 11.8 Å². The van der Waals surface area contributed by atoms with Crippen LogP contribution in [0.1, 0.15) is 17.5 Å². The van der Waals surface area contributed by atoms with Crippen molar-refractivity contribution >= 4 is 17.5 Å². The average Bonchev–Trinajstić information content (AvgIpc) is 3.18. The minimum atomic E-state index is -0.379. The van der Waals surface area contributed by atoms with Crippen LogP contribution in [0.3, 0.4) is 0 Å². The Morgan fingerprint density at radius 3 is 2.39 bits per heavy atom. The molecule has 1 heterocycles. The number of hydrogen-bond acceptors (Lipinski definition) is 5. The third kappa shape index (κ3) is 5.62. The standard InChI is InChI=1S/C24H28N4O3/c1-26(2)12-13-27(16-19-6-4-18(15-25)5-7-19)24(30)20-14-23(29)28(17-20)21-8-10-22(31-3)11-9-21/h4-11,20H,12-14,16-17H2,1-3H3. The number of hydrogen-bond donors (Lipinski definition) is 0. The second-order valence-electron chi connectivity index (χ2n) is 7.98. The van der Waals surface area contributed by atoms with Gasteiger partial charge in [-0.05, 0) is 56.1 Å². The maximum atomic E-state index is 13.4. The fourth-order valence-corrected chi connectivity index (χ4v) is 3.64. The van der Waals surface area contributed by atoms with Crippen molar-refractivity contribution in [1.82, 2.24) is 9.80 Å². The van der Waals surface area contributed by atoms with Gasteiger partial charge >= 0.3 is 0 Å². The molecule has 0 spiro atoms. The highest BCUT2D eigenvalue weighted by molar-refractivity contribution is 6.00. The molecule has 0 aliphatic carbocycles. The van der Waals surface area contributed by atoms with Crippen LogP contribution >= 0.6 is 0 Å². The van der Waals surface area contributed by atoms with E-state index in [0.717, 1.165) is 23.5 Å². The van der Waals surface area contributed by atoms with Crippen molar-refractivity contribution in [2.45, 2.75) is 13.0 Å². The summed E-state index contributed by atoms with van der Waals surface area (Å²) < 4.78 is 5.18. The zero-order valence-corrected chi connectivity index (χ0v) is 18.2. The van der Waals surface area contributed by atoms with Gasteiger partial charge in [0.15, 0.2) is 0 Å². The molecule has 31 heavy (non-hydrogen) atoms. The molecule has 1 aliphatic rings. The third-order valence-corrected chi connectivity index (χ3v) is 5.44. The van der Waals surface area contributed by atoms with Crippen LogP contribution in [-0.2, 0) is 16.1 Å². The molecule has 7 nitrogen and oxygen atoms in total. The first-order valence-electron chi connectivity index (χ1n) is 10.3. The normalized spacial score (nSPS) is 15.8. The summed E-state index contributed by atoms with van der Waals surface area (Å²) in [6.45, 7) is 2.12. The Labute approximate surface area is 183 Å². The third-order valence-electron chi connectivity index (χ3n) is 5.44. The van der Waals surface area contributed by atoms with Gasteiger partial charge in [0.1, 0.15) is 5.75 Å². The zero-order valence-electron chi connectivity index (χ0n) is 18.2. The SMILES string of the molecule is COc1ccc(N2CC(C(=O)N(CCN(C)C)Cc3ccc(C#N)cc3)CC2=O)cc1. The van der Waals surface area contributed by atoms with Crippen LogP contribution in [0.15, 0.2) is 48.5 Å². The molecule has 7 heteroatoms. The highest BCUT2D eigenvalue weighted by atomic mass is 16.5. The minimum absolute atomic E-state index is 0.0180. The van der Waals surface area contributed by atoms with Gasteiger partial charge in [0.25, 0.3) is 0 Å². The zero-order chi connectivity index (χ0) is 22.4. The van der Waals surface area contributed by atoms with E-state index < -0.39 is 0 Å². The van der Waals surface area contributed by atoms with Crippen LogP contribution in [0.2, 0.25) is 0 Å². The molecule has 3 rings (SSSR count). The summed E-state index contributed by atoms with van der Waals surface area (Å²) in [4.78, 5) is 31.5. The second kappa shape index (κ2) is 10.1. The molecule has 0 saturated carbocycles. The summed E-state index contributed by atoms with van der Waals surface area (Å²) in [7, 11) is 5.53. The summed E-state index contributed by atoms with van der Waals surface area (Å²) in [6.07, 6.45) is 0.205. The minimum Gasteiger partial charge on any atom is -0.497 e. The maximum Gasteiger partial charge on any atom is 0.228 e. The molecule has 1 saturated heterocycles. The Bertz CT molecular complexity index is 948. The van der Waals surface area contributed by atoms with Gasteiger partial charge < -0.3 is 19.4 Å². The lowest BCUT2D eigenvalue weighted by atomic mass is 10.1. The van der Waals surface area contributed by atoms with Gasteiger partial charge in [-0.2, -0.15) is 5.26 Å². The van der Waals surface area contributed by atoms with Crippen molar-refractivity contribution in [1.29, 1.82) is 5.26 Å². The Morgan fingerprint density at radius 1 is 1.13 bits per heavy atom. The molecule has 1 fully saturated rings. The summed E-state index contributed by atoms with van der Waals surface area (Å²) in [6, 6.07) is 16.7. The molecule has 162 valence electrons. The van der Waals surface area contributed by atoms with E-state index in [-0.39, 0.29) is 24.2 Å². The number of rotatable bonds is 8. The molecule has 1 atom stereocenters. The predicted octanol–water partition coefficient (Wildman–Crippen LogP) is 2.51. The topological polar surface area (TPSA) is 76.9 Å². The monoisotopic (exact) mass is 420 g/mol. The molecule has 2 aromatic carbocycles. The van der Waals surface area contributed by atoms with Crippen molar-refractivity contribution in [2.75, 3.05) is 45.7 Å². The Balaban J connectivity index is 1.73. The van der Waals surface area contributed by atoms with Crippen molar-refractivity contribution in [3.05, 3.63) is 59.7 Å². The number of carbonyl (C=O) groups excluding carboxylic acids is 2. The highest BCUT2D eigenvalue weighted by Gasteiger charge is 2.37. The molecule has 0 bridgehead atoms. The lowest BCUT2D eigenvalue weighted by Crippen LogP contribution is -2.40. The Morgan fingerprint density at radius 2 is 1.81 bits per heavy atom. The fraction of sp³-hybridized carbons (Fsp3) is 0.375. The first-order valence-corrected chi connectivity index (χ1v) is 10.3. The lowest BCUT2D eigenvalue weighted by Gasteiger charge is -2.27. The molecule has 1 aliphatic heterocycles. The van der Waals surface area contributed by atoms with Gasteiger partial charge in [-0.25, -0.2) is 0 Å². The van der Waals surface area contributed by atoms with E-state index >= 15 is 0 Å². The second-order valence-corrected chi connectivity index (χ2v) is 7.98. The van der Waals surface area contributed by atoms with Gasteiger partial charge in [-0.1, -0.05) is 12.1 Å². The van der Waals surface area contributed by atoms with E-state index in [9.17, 15) is 9.59 Å². The summed E-state index contributed by atoms with van der Waals surface area (Å²) in [5.74, 6) is 0.278. The number of amides is 2. The van der Waals surface area contributed by atoms with E-state index in [1.807, 2.05) is 60.3 Å². The first-order chi connectivity index (χ1) is 14.9. The maximum absolute atomic E-state index is 13.4. The highest BCUT2D eigenvalue weighted by Crippen LogP contribution is 2.28. The number of benzene rings is 2. The number of carbonyl (C=O) groups is 2. The molecule has 1 unspecified atom stereocenters. The van der Waals surface area contributed by atoms with Gasteiger partial charge in [0.05, 0.1) is 24.7 Å². The van der Waals surface area contributed by atoms with Crippen molar-refractivity contribution < 1.29 is 14.3 Å². The predicted molar refractivity (Wildman–Crippen MR) is 119 cm³/mol. The van der Waals surface area contributed by atoms with Crippen LogP contribution in [-0.4, -0.2) is 62.5 Å². The van der Waals surface area contributed by atoms with E-state index in [1.165, 1.54) is 0 Å². The van der Waals surface area contributed by atoms with Crippen molar-refractivity contribution in [3.8, 4) is 11.8 Å². The van der Waals surface area contributed by atoms with Crippen molar-refractivity contribution in [2.24, 2.45) is 5.92 Å².